The maximum Gasteiger partial charge on any atom is 0.227 e. The highest BCUT2D eigenvalue weighted by Crippen LogP contribution is 2.08. The van der Waals surface area contributed by atoms with Crippen LogP contribution in [-0.2, 0) is 13.2 Å². The molecular formula is C15H18O4. The average Bonchev–Trinajstić information content (AvgIpc) is 2.49. The molecule has 1 aromatic heterocycles. The summed E-state index contributed by atoms with van der Waals surface area (Å²) in [5.74, 6) is 0.369. The van der Waals surface area contributed by atoms with E-state index in [2.05, 4.69) is 0 Å². The van der Waals surface area contributed by atoms with Crippen LogP contribution in [0.2, 0.25) is 0 Å². The molecule has 19 heavy (non-hydrogen) atoms. The number of benzene rings is 1. The largest absolute Gasteiger partial charge is 0.482 e. The van der Waals surface area contributed by atoms with E-state index in [4.69, 9.17) is 14.3 Å². The minimum absolute atomic E-state index is 0.144. The van der Waals surface area contributed by atoms with Crippen molar-refractivity contribution in [3.63, 3.8) is 0 Å². The number of ether oxygens (including phenoxy) is 1. The quantitative estimate of drug-likeness (QED) is 0.920. The SMILES string of the molecule is CC.O=c1cc(CO)occ1OCc1ccccc1. The molecule has 2 rings (SSSR count). The molecule has 0 fully saturated rings. The summed E-state index contributed by atoms with van der Waals surface area (Å²) in [5.41, 5.74) is 0.675. The summed E-state index contributed by atoms with van der Waals surface area (Å²) in [6.07, 6.45) is 1.22. The molecule has 0 saturated carbocycles. The first-order chi connectivity index (χ1) is 9.29. The van der Waals surface area contributed by atoms with Gasteiger partial charge < -0.3 is 14.3 Å². The Morgan fingerprint density at radius 3 is 2.47 bits per heavy atom. The molecule has 1 N–H and O–H groups in total. The molecule has 0 bridgehead atoms. The predicted octanol–water partition coefficient (Wildman–Crippen LogP) is 2.74. The lowest BCUT2D eigenvalue weighted by atomic mass is 10.2. The van der Waals surface area contributed by atoms with Crippen molar-refractivity contribution in [2.24, 2.45) is 0 Å². The Labute approximate surface area is 112 Å². The Balaban J connectivity index is 0.000000861. The van der Waals surface area contributed by atoms with Gasteiger partial charge in [0.15, 0.2) is 0 Å². The summed E-state index contributed by atoms with van der Waals surface area (Å²) in [6, 6.07) is 10.7. The highest BCUT2D eigenvalue weighted by molar-refractivity contribution is 5.19. The van der Waals surface area contributed by atoms with Gasteiger partial charge in [-0.05, 0) is 5.56 Å². The van der Waals surface area contributed by atoms with Crippen molar-refractivity contribution >= 4 is 0 Å². The average molecular weight is 262 g/mol. The van der Waals surface area contributed by atoms with E-state index in [0.29, 0.717) is 6.61 Å². The maximum absolute atomic E-state index is 11.5. The van der Waals surface area contributed by atoms with E-state index in [-0.39, 0.29) is 23.5 Å². The molecule has 0 atom stereocenters. The lowest BCUT2D eigenvalue weighted by molar-refractivity contribution is 0.236. The third-order valence-corrected chi connectivity index (χ3v) is 2.25. The molecule has 0 unspecified atom stereocenters. The summed E-state index contributed by atoms with van der Waals surface area (Å²) in [5, 5.41) is 8.79. The van der Waals surface area contributed by atoms with Crippen LogP contribution in [0.1, 0.15) is 25.2 Å². The Kier molecular flexibility index (Phi) is 6.39. The third-order valence-electron chi connectivity index (χ3n) is 2.25. The molecule has 0 radical (unpaired) electrons. The number of hydrogen-bond donors (Lipinski definition) is 1. The molecule has 1 heterocycles. The molecule has 0 aliphatic heterocycles. The van der Waals surface area contributed by atoms with Crippen LogP contribution in [0, 0.1) is 0 Å². The van der Waals surface area contributed by atoms with Gasteiger partial charge in [-0.1, -0.05) is 44.2 Å². The smallest absolute Gasteiger partial charge is 0.227 e. The first-order valence-corrected chi connectivity index (χ1v) is 6.19. The molecule has 1 aromatic carbocycles. The third kappa shape index (κ3) is 4.60. The maximum atomic E-state index is 11.5. The van der Waals surface area contributed by atoms with Crippen LogP contribution in [0.3, 0.4) is 0 Å². The molecular weight excluding hydrogens is 244 g/mol. The fraction of sp³-hybridized carbons (Fsp3) is 0.267. The predicted molar refractivity (Wildman–Crippen MR) is 73.0 cm³/mol. The molecule has 4 nitrogen and oxygen atoms in total. The van der Waals surface area contributed by atoms with Crippen molar-refractivity contribution in [2.45, 2.75) is 27.1 Å². The van der Waals surface area contributed by atoms with E-state index in [0.717, 1.165) is 5.56 Å². The summed E-state index contributed by atoms with van der Waals surface area (Å²) in [4.78, 5) is 11.5. The molecule has 0 aliphatic carbocycles. The van der Waals surface area contributed by atoms with Gasteiger partial charge in [-0.2, -0.15) is 0 Å². The highest BCUT2D eigenvalue weighted by atomic mass is 16.5. The van der Waals surface area contributed by atoms with Crippen molar-refractivity contribution < 1.29 is 14.3 Å². The zero-order chi connectivity index (χ0) is 14.1. The zero-order valence-electron chi connectivity index (χ0n) is 11.1. The van der Waals surface area contributed by atoms with Gasteiger partial charge in [0.05, 0.1) is 0 Å². The topological polar surface area (TPSA) is 59.7 Å². The molecule has 4 heteroatoms. The van der Waals surface area contributed by atoms with Gasteiger partial charge in [-0.3, -0.25) is 4.79 Å². The van der Waals surface area contributed by atoms with Crippen LogP contribution in [0.5, 0.6) is 5.75 Å². The molecule has 2 aromatic rings. The molecule has 0 aliphatic rings. The van der Waals surface area contributed by atoms with Crippen molar-refractivity contribution in [1.82, 2.24) is 0 Å². The molecule has 102 valence electrons. The molecule has 0 saturated heterocycles. The van der Waals surface area contributed by atoms with Crippen LogP contribution < -0.4 is 10.2 Å². The van der Waals surface area contributed by atoms with Crippen LogP contribution in [0.25, 0.3) is 0 Å². The highest BCUT2D eigenvalue weighted by Gasteiger charge is 2.04. The van der Waals surface area contributed by atoms with Gasteiger partial charge in [-0.15, -0.1) is 0 Å². The second kappa shape index (κ2) is 8.11. The lowest BCUT2D eigenvalue weighted by Gasteiger charge is -2.05. The Morgan fingerprint density at radius 2 is 1.89 bits per heavy atom. The van der Waals surface area contributed by atoms with Gasteiger partial charge in [0.25, 0.3) is 0 Å². The summed E-state index contributed by atoms with van der Waals surface area (Å²) < 4.78 is 10.3. The monoisotopic (exact) mass is 262 g/mol. The normalized spacial score (nSPS) is 9.42. The summed E-state index contributed by atoms with van der Waals surface area (Å²) >= 11 is 0. The van der Waals surface area contributed by atoms with Crippen LogP contribution in [-0.4, -0.2) is 5.11 Å². The van der Waals surface area contributed by atoms with E-state index in [1.165, 1.54) is 12.3 Å². The molecule has 0 amide bonds. The number of aliphatic hydroxyl groups excluding tert-OH is 1. The van der Waals surface area contributed by atoms with Crippen molar-refractivity contribution in [1.29, 1.82) is 0 Å². The minimum atomic E-state index is -0.297. The van der Waals surface area contributed by atoms with E-state index in [9.17, 15) is 4.79 Å². The minimum Gasteiger partial charge on any atom is -0.482 e. The van der Waals surface area contributed by atoms with Crippen LogP contribution in [0.4, 0.5) is 0 Å². The van der Waals surface area contributed by atoms with Crippen LogP contribution >= 0.6 is 0 Å². The van der Waals surface area contributed by atoms with Gasteiger partial charge in [0, 0.05) is 6.07 Å². The van der Waals surface area contributed by atoms with E-state index in [1.54, 1.807) is 0 Å². The summed E-state index contributed by atoms with van der Waals surface area (Å²) in [7, 11) is 0. The second-order valence-corrected chi connectivity index (χ2v) is 3.51. The van der Waals surface area contributed by atoms with Gasteiger partial charge >= 0.3 is 0 Å². The first kappa shape index (κ1) is 15.0. The van der Waals surface area contributed by atoms with E-state index < -0.39 is 0 Å². The number of aliphatic hydroxyl groups is 1. The van der Waals surface area contributed by atoms with Crippen LogP contribution in [0.15, 0.2) is 51.9 Å². The lowest BCUT2D eigenvalue weighted by Crippen LogP contribution is -2.07. The fourth-order valence-electron chi connectivity index (χ4n) is 1.36. The van der Waals surface area contributed by atoms with Gasteiger partial charge in [0.1, 0.15) is 25.2 Å². The standard InChI is InChI=1S/C13H12O4.C2H6/c14-7-11-6-12(15)13(9-16-11)17-8-10-4-2-1-3-5-10;1-2/h1-6,9,14H,7-8H2;1-2H3. The van der Waals surface area contributed by atoms with E-state index in [1.807, 2.05) is 44.2 Å². The van der Waals surface area contributed by atoms with Gasteiger partial charge in [0.2, 0.25) is 11.2 Å². The Hall–Kier alpha value is -2.07. The zero-order valence-corrected chi connectivity index (χ0v) is 11.1. The van der Waals surface area contributed by atoms with Gasteiger partial charge in [-0.25, -0.2) is 0 Å². The Bertz CT molecular complexity index is 531. The van der Waals surface area contributed by atoms with Crippen molar-refractivity contribution in [3.05, 3.63) is 64.2 Å². The van der Waals surface area contributed by atoms with Crippen molar-refractivity contribution in [2.75, 3.05) is 0 Å². The van der Waals surface area contributed by atoms with E-state index >= 15 is 0 Å². The second-order valence-electron chi connectivity index (χ2n) is 3.51. The molecule has 0 spiro atoms. The fourth-order valence-corrected chi connectivity index (χ4v) is 1.36. The Morgan fingerprint density at radius 1 is 1.21 bits per heavy atom. The summed E-state index contributed by atoms with van der Waals surface area (Å²) in [6.45, 7) is 4.01. The number of rotatable bonds is 4. The number of hydrogen-bond acceptors (Lipinski definition) is 4. The van der Waals surface area contributed by atoms with Crippen molar-refractivity contribution in [3.8, 4) is 5.75 Å². The first-order valence-electron chi connectivity index (χ1n) is 6.19.